The predicted molar refractivity (Wildman–Crippen MR) is 169 cm³/mol. The van der Waals surface area contributed by atoms with Gasteiger partial charge in [0.1, 0.15) is 34.7 Å². The maximum atomic E-state index is 14.3. The third-order valence-corrected chi connectivity index (χ3v) is 10.4. The first-order valence-electron chi connectivity index (χ1n) is 15.7. The molecule has 13 nitrogen and oxygen atoms in total. The number of rotatable bonds is 6. The van der Waals surface area contributed by atoms with Gasteiger partial charge in [-0.25, -0.2) is 0 Å². The van der Waals surface area contributed by atoms with Crippen molar-refractivity contribution in [3.63, 3.8) is 0 Å². The highest BCUT2D eigenvalue weighted by Gasteiger charge is 2.63. The molecule has 13 heteroatoms. The molecule has 1 amide bonds. The number of piperazine rings is 1. The molecule has 1 saturated heterocycles. The van der Waals surface area contributed by atoms with Gasteiger partial charge < -0.3 is 40.7 Å². The summed E-state index contributed by atoms with van der Waals surface area (Å²) < 4.78 is 6.32. The van der Waals surface area contributed by atoms with Crippen molar-refractivity contribution in [2.24, 2.45) is 17.6 Å². The van der Waals surface area contributed by atoms with Gasteiger partial charge in [-0.15, -0.1) is 0 Å². The Labute approximate surface area is 267 Å². The van der Waals surface area contributed by atoms with E-state index < -0.39 is 58.0 Å². The Morgan fingerprint density at radius 2 is 1.78 bits per heavy atom. The first-order chi connectivity index (χ1) is 21.7. The summed E-state index contributed by atoms with van der Waals surface area (Å²) in [5.41, 5.74) is 3.29. The first-order valence-corrected chi connectivity index (χ1v) is 15.7. The monoisotopic (exact) mass is 637 g/mol. The number of likely N-dealkylation sites (N-methyl/N-ethyl adjacent to an activating group) is 2. The molecular weight excluding hydrogens is 594 g/mol. The highest BCUT2D eigenvalue weighted by atomic mass is 16.5. The number of hydrogen-bond donors (Lipinski definition) is 5. The van der Waals surface area contributed by atoms with Crippen LogP contribution in [0.4, 0.5) is 5.69 Å². The van der Waals surface area contributed by atoms with Gasteiger partial charge in [0.2, 0.25) is 5.78 Å². The van der Waals surface area contributed by atoms with Gasteiger partial charge in [0.15, 0.2) is 11.4 Å². The van der Waals surface area contributed by atoms with Crippen LogP contribution in [0.25, 0.3) is 5.76 Å². The number of benzene rings is 1. The second-order valence-corrected chi connectivity index (χ2v) is 13.7. The number of ketones is 2. The highest BCUT2D eigenvalue weighted by Crippen LogP contribution is 2.54. The average Bonchev–Trinajstić information content (AvgIpc) is 3.44. The highest BCUT2D eigenvalue weighted by molar-refractivity contribution is 6.25. The summed E-state index contributed by atoms with van der Waals surface area (Å²) in [6.07, 6.45) is 2.68. The van der Waals surface area contributed by atoms with Gasteiger partial charge >= 0.3 is 0 Å². The Morgan fingerprint density at radius 3 is 2.39 bits per heavy atom. The molecule has 3 aliphatic carbocycles. The summed E-state index contributed by atoms with van der Waals surface area (Å²) in [4.78, 5) is 48.2. The topological polar surface area (TPSA) is 180 Å². The number of phenols is 1. The number of nitrogens with zero attached hydrogens (tertiary/aromatic N) is 4. The van der Waals surface area contributed by atoms with E-state index in [1.165, 1.54) is 4.90 Å². The van der Waals surface area contributed by atoms with Crippen molar-refractivity contribution in [3.05, 3.63) is 51.5 Å². The fourth-order valence-electron chi connectivity index (χ4n) is 8.00. The number of allylic oxidation sites excluding steroid dienone is 1. The minimum Gasteiger partial charge on any atom is -0.510 e. The largest absolute Gasteiger partial charge is 0.510 e. The van der Waals surface area contributed by atoms with E-state index in [0.29, 0.717) is 29.0 Å². The molecule has 1 aromatic carbocycles. The first kappa shape index (κ1) is 32.0. The zero-order valence-corrected chi connectivity index (χ0v) is 26.9. The Balaban J connectivity index is 1.40. The lowest BCUT2D eigenvalue weighted by Crippen LogP contribution is -2.63. The molecule has 0 spiro atoms. The van der Waals surface area contributed by atoms with Crippen LogP contribution in [-0.2, 0) is 20.7 Å². The van der Waals surface area contributed by atoms with Gasteiger partial charge in [0.25, 0.3) is 5.91 Å². The van der Waals surface area contributed by atoms with Crippen LogP contribution >= 0.6 is 0 Å². The second-order valence-electron chi connectivity index (χ2n) is 13.7. The molecule has 6 N–H and O–H groups in total. The summed E-state index contributed by atoms with van der Waals surface area (Å²) in [6.45, 7) is 4.58. The molecule has 2 heterocycles. The number of amides is 1. The molecule has 0 radical (unpaired) electrons. The van der Waals surface area contributed by atoms with E-state index in [9.17, 15) is 34.8 Å². The number of nitrogens with two attached hydrogens (primary N) is 1. The molecule has 0 saturated carbocycles. The number of primary amides is 1. The Morgan fingerprint density at radius 1 is 1.11 bits per heavy atom. The van der Waals surface area contributed by atoms with E-state index in [1.807, 2.05) is 25.1 Å². The van der Waals surface area contributed by atoms with Crippen molar-refractivity contribution in [2.45, 2.75) is 37.0 Å². The molecule has 1 unspecified atom stereocenters. The molecule has 1 fully saturated rings. The van der Waals surface area contributed by atoms with Gasteiger partial charge in [0.05, 0.1) is 17.2 Å². The van der Waals surface area contributed by atoms with Gasteiger partial charge in [0, 0.05) is 70.4 Å². The number of hydrogen-bond acceptors (Lipinski definition) is 12. The van der Waals surface area contributed by atoms with Crippen LogP contribution in [0.3, 0.4) is 0 Å². The number of ether oxygens (including phenoxy) is 1. The maximum Gasteiger partial charge on any atom is 0.255 e. The number of aliphatic hydroxyl groups excluding tert-OH is 2. The van der Waals surface area contributed by atoms with E-state index >= 15 is 0 Å². The number of phenolic OH excluding ortho intramolecular Hbond substituents is 1. The fraction of sp³-hybridized carbons (Fsp3) is 0.545. The summed E-state index contributed by atoms with van der Waals surface area (Å²) in [7, 11) is 8.97. The zero-order chi connectivity index (χ0) is 33.4. The predicted octanol–water partition coefficient (Wildman–Crippen LogP) is 0.564. The third-order valence-electron chi connectivity index (χ3n) is 10.4. The molecule has 5 atom stereocenters. The molecule has 5 aliphatic rings. The smallest absolute Gasteiger partial charge is 0.255 e. The van der Waals surface area contributed by atoms with Crippen molar-refractivity contribution in [3.8, 4) is 5.75 Å². The normalized spacial score (nSPS) is 30.2. The van der Waals surface area contributed by atoms with Crippen LogP contribution in [0.15, 0.2) is 34.8 Å². The lowest BCUT2D eigenvalue weighted by molar-refractivity contribution is -0.148. The van der Waals surface area contributed by atoms with Crippen molar-refractivity contribution < 1.29 is 39.5 Å². The van der Waals surface area contributed by atoms with E-state index in [0.717, 1.165) is 32.7 Å². The summed E-state index contributed by atoms with van der Waals surface area (Å²) in [6, 6.07) is 0.763. The number of aliphatic hydroxyl groups is 3. The summed E-state index contributed by atoms with van der Waals surface area (Å²) in [5.74, 6) is -6.29. The quantitative estimate of drug-likeness (QED) is 0.274. The molecule has 2 aliphatic heterocycles. The Kier molecular flexibility index (Phi) is 7.95. The van der Waals surface area contributed by atoms with Gasteiger partial charge in [-0.05, 0) is 57.6 Å². The van der Waals surface area contributed by atoms with Crippen molar-refractivity contribution >= 4 is 28.9 Å². The number of anilines is 1. The van der Waals surface area contributed by atoms with Gasteiger partial charge in [-0.1, -0.05) is 0 Å². The lowest BCUT2D eigenvalue weighted by Gasteiger charge is -2.50. The zero-order valence-electron chi connectivity index (χ0n) is 26.9. The standard InChI is InChI=1S/C33H43N5O8/c1-35(2)21-14-19(22-7-6-17(46-22)15-38-10-8-37(5)9-11-38)27(39)24-18(21)12-16-13-20-26(36(3)4)29(41)25(32(34)44)31(43)33(20,45)30(42)23(16)28(24)40/h7,14,16-17,20,26,39,41-42,45H,6,8-13,15H2,1-5H3,(H2,34,44)/t16-,17?,20-,26-,33-/m0/s1. The van der Waals surface area contributed by atoms with Crippen LogP contribution in [-0.4, -0.2) is 138 Å². The van der Waals surface area contributed by atoms with Crippen LogP contribution < -0.4 is 10.6 Å². The molecule has 248 valence electrons. The fourth-order valence-corrected chi connectivity index (χ4v) is 8.00. The SMILES string of the molecule is CN1CCN(CC2CC=C(c3cc(N(C)C)c4c(c3O)C(=O)C3=C(O)[C@]5(O)C(=O)C(C(N)=O)=C(O)[C@@H](N(C)C)[C@@H]5C[C@@H]3C4)O2)CC1. The van der Waals surface area contributed by atoms with E-state index in [4.69, 9.17) is 10.5 Å². The number of carbonyl (C=O) groups excluding carboxylic acids is 3. The van der Waals surface area contributed by atoms with Crippen molar-refractivity contribution in [1.82, 2.24) is 14.7 Å². The number of aromatic hydroxyl groups is 1. The molecule has 46 heavy (non-hydrogen) atoms. The third kappa shape index (κ3) is 4.79. The molecule has 0 aromatic heterocycles. The summed E-state index contributed by atoms with van der Waals surface area (Å²) >= 11 is 0. The number of Topliss-reactive ketones (excluding diaryl/α,β-unsaturated/α-hetero) is 2. The van der Waals surface area contributed by atoms with Crippen LogP contribution in [0.2, 0.25) is 0 Å². The van der Waals surface area contributed by atoms with Crippen LogP contribution in [0, 0.1) is 11.8 Å². The van der Waals surface area contributed by atoms with Crippen LogP contribution in [0.1, 0.15) is 34.3 Å². The Hall–Kier alpha value is -3.91. The van der Waals surface area contributed by atoms with Gasteiger partial charge in [-0.3, -0.25) is 24.2 Å². The number of carbonyl (C=O) groups is 3. The van der Waals surface area contributed by atoms with E-state index in [2.05, 4.69) is 16.8 Å². The molecular formula is C33H43N5O8. The van der Waals surface area contributed by atoms with Gasteiger partial charge in [-0.2, -0.15) is 0 Å². The maximum absolute atomic E-state index is 14.3. The minimum absolute atomic E-state index is 0.0311. The molecule has 1 aromatic rings. The molecule has 0 bridgehead atoms. The second kappa shape index (κ2) is 11.4. The summed E-state index contributed by atoms with van der Waals surface area (Å²) in [5, 5.41) is 46.2. The Bertz CT molecular complexity index is 1600. The number of fused-ring (bicyclic) bond motifs is 3. The average molecular weight is 638 g/mol. The molecule has 6 rings (SSSR count). The van der Waals surface area contributed by atoms with Crippen LogP contribution in [0.5, 0.6) is 5.75 Å². The van der Waals surface area contributed by atoms with E-state index in [1.54, 1.807) is 20.2 Å². The van der Waals surface area contributed by atoms with E-state index in [-0.39, 0.29) is 35.8 Å². The van der Waals surface area contributed by atoms with Crippen molar-refractivity contribution in [2.75, 3.05) is 72.9 Å². The van der Waals surface area contributed by atoms with Crippen molar-refractivity contribution in [1.29, 1.82) is 0 Å². The minimum atomic E-state index is -2.68. The lowest BCUT2D eigenvalue weighted by atomic mass is 9.58.